The van der Waals surface area contributed by atoms with Crippen LogP contribution < -0.4 is 0 Å². The first-order valence-corrected chi connectivity index (χ1v) is 7.42. The molecule has 0 aliphatic carbocycles. The van der Waals surface area contributed by atoms with Crippen LogP contribution in [0.5, 0.6) is 0 Å². The molecule has 0 spiro atoms. The van der Waals surface area contributed by atoms with Gasteiger partial charge in [-0.1, -0.05) is 12.1 Å². The lowest BCUT2D eigenvalue weighted by Gasteiger charge is -2.10. The molecule has 8 nitrogen and oxygen atoms in total. The second kappa shape index (κ2) is 7.05. The van der Waals surface area contributed by atoms with Crippen molar-refractivity contribution in [3.05, 3.63) is 44.8 Å². The lowest BCUT2D eigenvalue weighted by molar-refractivity contribution is -0.384. The predicted molar refractivity (Wildman–Crippen MR) is 82.6 cm³/mol. The SMILES string of the molecule is O=C(O)CCCN1C(=O)S/C(=C\c2cccc([N+](=O)[O-])c2)C1=O. The fourth-order valence-electron chi connectivity index (χ4n) is 1.96. The van der Waals surface area contributed by atoms with Gasteiger partial charge in [-0.2, -0.15) is 0 Å². The van der Waals surface area contributed by atoms with E-state index in [4.69, 9.17) is 5.11 Å². The van der Waals surface area contributed by atoms with Crippen LogP contribution >= 0.6 is 11.8 Å². The van der Waals surface area contributed by atoms with Crippen molar-refractivity contribution in [2.75, 3.05) is 6.54 Å². The zero-order chi connectivity index (χ0) is 17.0. The van der Waals surface area contributed by atoms with E-state index < -0.39 is 22.0 Å². The van der Waals surface area contributed by atoms with Crippen molar-refractivity contribution in [2.24, 2.45) is 0 Å². The Kier molecular flexibility index (Phi) is 5.12. The Bertz CT molecular complexity index is 715. The Morgan fingerprint density at radius 2 is 2.13 bits per heavy atom. The van der Waals surface area contributed by atoms with Crippen molar-refractivity contribution in [3.63, 3.8) is 0 Å². The van der Waals surface area contributed by atoms with Gasteiger partial charge in [-0.25, -0.2) is 0 Å². The van der Waals surface area contributed by atoms with E-state index in [1.54, 1.807) is 6.07 Å². The number of carboxylic acid groups (broad SMARTS) is 1. The molecule has 0 radical (unpaired) electrons. The molecule has 1 aromatic rings. The number of carbonyl (C=O) groups excluding carboxylic acids is 2. The number of non-ortho nitro benzene ring substituents is 1. The number of imide groups is 1. The minimum Gasteiger partial charge on any atom is -0.481 e. The van der Waals surface area contributed by atoms with Gasteiger partial charge in [-0.15, -0.1) is 0 Å². The topological polar surface area (TPSA) is 118 Å². The Labute approximate surface area is 134 Å². The van der Waals surface area contributed by atoms with Crippen molar-refractivity contribution >= 4 is 40.6 Å². The van der Waals surface area contributed by atoms with Gasteiger partial charge in [-0.05, 0) is 29.8 Å². The van der Waals surface area contributed by atoms with Crippen molar-refractivity contribution in [3.8, 4) is 0 Å². The normalized spacial score (nSPS) is 16.2. The lowest BCUT2D eigenvalue weighted by Crippen LogP contribution is -2.29. The lowest BCUT2D eigenvalue weighted by atomic mass is 10.2. The number of benzene rings is 1. The third-order valence-corrected chi connectivity index (χ3v) is 3.93. The minimum absolute atomic E-state index is 0.0310. The van der Waals surface area contributed by atoms with E-state index >= 15 is 0 Å². The number of hydrogen-bond donors (Lipinski definition) is 1. The van der Waals surface area contributed by atoms with Crippen LogP contribution in [0.25, 0.3) is 6.08 Å². The molecular formula is C14H12N2O6S. The highest BCUT2D eigenvalue weighted by atomic mass is 32.2. The number of aliphatic carboxylic acids is 1. The minimum atomic E-state index is -0.996. The van der Waals surface area contributed by atoms with Gasteiger partial charge in [0.1, 0.15) is 0 Å². The smallest absolute Gasteiger partial charge is 0.303 e. The first kappa shape index (κ1) is 16.7. The van der Waals surface area contributed by atoms with Gasteiger partial charge < -0.3 is 5.11 Å². The summed E-state index contributed by atoms with van der Waals surface area (Å²) in [5, 5.41) is 18.8. The molecule has 1 fully saturated rings. The molecule has 2 amide bonds. The molecule has 0 unspecified atom stereocenters. The van der Waals surface area contributed by atoms with E-state index in [9.17, 15) is 24.5 Å². The summed E-state index contributed by atoms with van der Waals surface area (Å²) < 4.78 is 0. The third-order valence-electron chi connectivity index (χ3n) is 3.02. The van der Waals surface area contributed by atoms with Gasteiger partial charge in [0.05, 0.1) is 9.83 Å². The van der Waals surface area contributed by atoms with Gasteiger partial charge >= 0.3 is 5.97 Å². The second-order valence-electron chi connectivity index (χ2n) is 4.68. The highest BCUT2D eigenvalue weighted by molar-refractivity contribution is 8.18. The molecule has 9 heteroatoms. The summed E-state index contributed by atoms with van der Waals surface area (Å²) in [7, 11) is 0. The van der Waals surface area contributed by atoms with Crippen LogP contribution in [-0.2, 0) is 9.59 Å². The summed E-state index contributed by atoms with van der Waals surface area (Å²) in [4.78, 5) is 45.8. The van der Waals surface area contributed by atoms with E-state index in [2.05, 4.69) is 0 Å². The fraction of sp³-hybridized carbons (Fsp3) is 0.214. The van der Waals surface area contributed by atoms with Crippen LogP contribution in [0.1, 0.15) is 18.4 Å². The molecule has 2 rings (SSSR count). The van der Waals surface area contributed by atoms with Crippen molar-refractivity contribution < 1.29 is 24.4 Å². The maximum absolute atomic E-state index is 12.1. The standard InChI is InChI=1S/C14H12N2O6S/c17-12(18)5-2-6-15-13(19)11(23-14(15)20)8-9-3-1-4-10(7-9)16(21)22/h1,3-4,7-8H,2,5-6H2,(H,17,18)/b11-8-. The number of nitrogens with zero attached hydrogens (tertiary/aromatic N) is 2. The molecule has 0 bridgehead atoms. The van der Waals surface area contributed by atoms with Crippen molar-refractivity contribution in [1.82, 2.24) is 4.90 Å². The number of hydrogen-bond acceptors (Lipinski definition) is 6. The maximum Gasteiger partial charge on any atom is 0.303 e. The van der Waals surface area contributed by atoms with Gasteiger partial charge in [-0.3, -0.25) is 29.4 Å². The van der Waals surface area contributed by atoms with Crippen molar-refractivity contribution in [1.29, 1.82) is 0 Å². The predicted octanol–water partition coefficient (Wildman–Crippen LogP) is 2.50. The van der Waals surface area contributed by atoms with E-state index in [1.165, 1.54) is 24.3 Å². The number of thioether (sulfide) groups is 1. The van der Waals surface area contributed by atoms with Gasteiger partial charge in [0, 0.05) is 25.1 Å². The average Bonchev–Trinajstić information content (AvgIpc) is 2.74. The molecule has 23 heavy (non-hydrogen) atoms. The van der Waals surface area contributed by atoms with Gasteiger partial charge in [0.25, 0.3) is 16.8 Å². The first-order chi connectivity index (χ1) is 10.9. The van der Waals surface area contributed by atoms with Crippen LogP contribution in [-0.4, -0.2) is 38.6 Å². The van der Waals surface area contributed by atoms with Crippen molar-refractivity contribution in [2.45, 2.75) is 12.8 Å². The summed E-state index contributed by atoms with van der Waals surface area (Å²) in [5.41, 5.74) is 0.328. The Morgan fingerprint density at radius 3 is 2.78 bits per heavy atom. The molecule has 120 valence electrons. The summed E-state index contributed by atoms with van der Waals surface area (Å²) in [6, 6.07) is 5.71. The Balaban J connectivity index is 2.13. The van der Waals surface area contributed by atoms with Crippen LogP contribution in [0.2, 0.25) is 0 Å². The van der Waals surface area contributed by atoms with E-state index in [0.717, 1.165) is 16.7 Å². The molecule has 1 aliphatic rings. The Hall–Kier alpha value is -2.68. The summed E-state index contributed by atoms with van der Waals surface area (Å²) in [6.45, 7) is 0.0310. The largest absolute Gasteiger partial charge is 0.481 e. The summed E-state index contributed by atoms with van der Waals surface area (Å²) in [6.07, 6.45) is 1.46. The highest BCUT2D eigenvalue weighted by Gasteiger charge is 2.34. The molecule has 1 aromatic carbocycles. The zero-order valence-electron chi connectivity index (χ0n) is 11.8. The second-order valence-corrected chi connectivity index (χ2v) is 5.68. The van der Waals surface area contributed by atoms with E-state index in [1.807, 2.05) is 0 Å². The number of rotatable bonds is 6. The van der Waals surface area contributed by atoms with Crippen LogP contribution in [0.4, 0.5) is 10.5 Å². The maximum atomic E-state index is 12.1. The quantitative estimate of drug-likeness (QED) is 0.481. The third kappa shape index (κ3) is 4.16. The summed E-state index contributed by atoms with van der Waals surface area (Å²) in [5.74, 6) is -1.51. The van der Waals surface area contributed by atoms with Gasteiger partial charge in [0.2, 0.25) is 0 Å². The molecule has 0 aromatic heterocycles. The highest BCUT2D eigenvalue weighted by Crippen LogP contribution is 2.32. The number of amides is 2. The molecule has 1 heterocycles. The first-order valence-electron chi connectivity index (χ1n) is 6.60. The van der Waals surface area contributed by atoms with E-state index in [-0.39, 0.29) is 30.0 Å². The number of nitro groups is 1. The summed E-state index contributed by atoms with van der Waals surface area (Å²) >= 11 is 0.731. The molecule has 1 aliphatic heterocycles. The average molecular weight is 336 g/mol. The molecule has 1 N–H and O–H groups in total. The van der Waals surface area contributed by atoms with Crippen LogP contribution in [0.15, 0.2) is 29.2 Å². The fourth-order valence-corrected chi connectivity index (χ4v) is 2.83. The number of carbonyl (C=O) groups is 3. The van der Waals surface area contributed by atoms with Crippen LogP contribution in [0, 0.1) is 10.1 Å². The van der Waals surface area contributed by atoms with Crippen LogP contribution in [0.3, 0.4) is 0 Å². The van der Waals surface area contributed by atoms with Gasteiger partial charge in [0.15, 0.2) is 0 Å². The molecular weight excluding hydrogens is 324 g/mol. The molecule has 0 saturated carbocycles. The zero-order valence-corrected chi connectivity index (χ0v) is 12.6. The Morgan fingerprint density at radius 1 is 1.39 bits per heavy atom. The van der Waals surface area contributed by atoms with E-state index in [0.29, 0.717) is 5.56 Å². The molecule has 0 atom stereocenters. The number of nitro benzene ring substituents is 1. The monoisotopic (exact) mass is 336 g/mol. The molecule has 1 saturated heterocycles. The number of carboxylic acids is 1.